The van der Waals surface area contributed by atoms with Crippen molar-refractivity contribution in [3.8, 4) is 0 Å². The topological polar surface area (TPSA) is 15.3 Å². The Balaban J connectivity index is 0.00000128. The molecule has 98 valence electrons. The van der Waals surface area contributed by atoms with Crippen molar-refractivity contribution in [3.63, 3.8) is 0 Å². The van der Waals surface area contributed by atoms with Gasteiger partial charge in [0, 0.05) is 32.7 Å². The number of nitrogens with one attached hydrogen (secondary N) is 1. The third-order valence-corrected chi connectivity index (χ3v) is 2.86. The highest BCUT2D eigenvalue weighted by molar-refractivity contribution is 5.85. The average molecular weight is 281 g/mol. The fourth-order valence-electron chi connectivity index (χ4n) is 1.91. The van der Waals surface area contributed by atoms with Crippen LogP contribution in [0.4, 0.5) is 4.39 Å². The van der Waals surface area contributed by atoms with Crippen LogP contribution in [0.3, 0.4) is 0 Å². The maximum Gasteiger partial charge on any atom is 0.126 e. The first-order valence-electron chi connectivity index (χ1n) is 5.53. The summed E-state index contributed by atoms with van der Waals surface area (Å²) in [5, 5.41) is 3.31. The van der Waals surface area contributed by atoms with Gasteiger partial charge in [-0.3, -0.25) is 0 Å². The molecular weight excluding hydrogens is 262 g/mol. The Bertz CT molecular complexity index is 317. The maximum atomic E-state index is 13.3. The molecule has 1 aromatic carbocycles. The molecule has 1 aliphatic rings. The largest absolute Gasteiger partial charge is 0.314 e. The average Bonchev–Trinajstić information content (AvgIpc) is 2.29. The summed E-state index contributed by atoms with van der Waals surface area (Å²) in [4.78, 5) is 2.38. The second-order valence-electron chi connectivity index (χ2n) is 3.93. The molecular formula is C12H19Cl2FN2. The zero-order chi connectivity index (χ0) is 10.5. The predicted octanol–water partition coefficient (Wildman–Crippen LogP) is 2.12. The van der Waals surface area contributed by atoms with Crippen LogP contribution in [0.2, 0.25) is 0 Å². The molecule has 0 bridgehead atoms. The molecule has 0 radical (unpaired) electrons. The molecule has 17 heavy (non-hydrogen) atoms. The summed E-state index contributed by atoms with van der Waals surface area (Å²) < 4.78 is 13.3. The van der Waals surface area contributed by atoms with Crippen molar-refractivity contribution in [2.24, 2.45) is 0 Å². The number of halogens is 3. The normalized spacial score (nSPS) is 15.8. The molecule has 2 nitrogen and oxygen atoms in total. The predicted molar refractivity (Wildman–Crippen MR) is 73.9 cm³/mol. The van der Waals surface area contributed by atoms with E-state index in [9.17, 15) is 4.39 Å². The van der Waals surface area contributed by atoms with Gasteiger partial charge in [0.1, 0.15) is 5.82 Å². The van der Waals surface area contributed by atoms with Gasteiger partial charge in [-0.15, -0.1) is 24.8 Å². The van der Waals surface area contributed by atoms with Crippen LogP contribution in [-0.4, -0.2) is 37.6 Å². The zero-order valence-corrected chi connectivity index (χ0v) is 11.3. The summed E-state index contributed by atoms with van der Waals surface area (Å²) in [5.74, 6) is -0.0763. The van der Waals surface area contributed by atoms with E-state index in [1.807, 2.05) is 12.1 Å². The number of hydrogen-bond acceptors (Lipinski definition) is 2. The first-order chi connectivity index (χ1) is 7.36. The van der Waals surface area contributed by atoms with E-state index in [1.165, 1.54) is 6.07 Å². The molecule has 1 heterocycles. The van der Waals surface area contributed by atoms with Gasteiger partial charge in [0.25, 0.3) is 0 Å². The van der Waals surface area contributed by atoms with Gasteiger partial charge in [0.05, 0.1) is 0 Å². The molecule has 1 fully saturated rings. The summed E-state index contributed by atoms with van der Waals surface area (Å²) in [6.45, 7) is 5.22. The molecule has 0 aliphatic carbocycles. The fourth-order valence-corrected chi connectivity index (χ4v) is 1.91. The summed E-state index contributed by atoms with van der Waals surface area (Å²) in [6.07, 6.45) is 0.812. The Hall–Kier alpha value is -0.350. The van der Waals surface area contributed by atoms with Crippen LogP contribution in [0.5, 0.6) is 0 Å². The van der Waals surface area contributed by atoms with Gasteiger partial charge in [-0.25, -0.2) is 4.39 Å². The Morgan fingerprint density at radius 3 is 2.41 bits per heavy atom. The smallest absolute Gasteiger partial charge is 0.126 e. The molecule has 0 saturated carbocycles. The number of rotatable bonds is 3. The molecule has 2 rings (SSSR count). The van der Waals surface area contributed by atoms with E-state index < -0.39 is 0 Å². The highest BCUT2D eigenvalue weighted by atomic mass is 35.5. The summed E-state index contributed by atoms with van der Waals surface area (Å²) in [6, 6.07) is 7.05. The monoisotopic (exact) mass is 280 g/mol. The SMILES string of the molecule is Cl.Cl.Fc1ccccc1CCN1CCNCC1. The van der Waals surface area contributed by atoms with Crippen molar-refractivity contribution < 1.29 is 4.39 Å². The minimum atomic E-state index is -0.0763. The van der Waals surface area contributed by atoms with Crippen LogP contribution in [-0.2, 0) is 6.42 Å². The molecule has 1 saturated heterocycles. The van der Waals surface area contributed by atoms with Gasteiger partial charge < -0.3 is 10.2 Å². The lowest BCUT2D eigenvalue weighted by Gasteiger charge is -2.27. The number of nitrogens with zero attached hydrogens (tertiary/aromatic N) is 1. The second kappa shape index (κ2) is 8.70. The minimum absolute atomic E-state index is 0. The van der Waals surface area contributed by atoms with E-state index >= 15 is 0 Å². The van der Waals surface area contributed by atoms with Gasteiger partial charge in [0.15, 0.2) is 0 Å². The molecule has 0 amide bonds. The molecule has 0 atom stereocenters. The van der Waals surface area contributed by atoms with Crippen LogP contribution in [0.15, 0.2) is 24.3 Å². The van der Waals surface area contributed by atoms with Crippen LogP contribution in [0.25, 0.3) is 0 Å². The van der Waals surface area contributed by atoms with Crippen molar-refractivity contribution in [1.82, 2.24) is 10.2 Å². The van der Waals surface area contributed by atoms with E-state index in [4.69, 9.17) is 0 Å². The van der Waals surface area contributed by atoms with E-state index in [-0.39, 0.29) is 30.6 Å². The lowest BCUT2D eigenvalue weighted by molar-refractivity contribution is 0.243. The molecule has 5 heteroatoms. The maximum absolute atomic E-state index is 13.3. The van der Waals surface area contributed by atoms with E-state index in [2.05, 4.69) is 10.2 Å². The van der Waals surface area contributed by atoms with Crippen LogP contribution in [0.1, 0.15) is 5.56 Å². The molecule has 1 N–H and O–H groups in total. The minimum Gasteiger partial charge on any atom is -0.314 e. The highest BCUT2D eigenvalue weighted by Gasteiger charge is 2.09. The Morgan fingerprint density at radius 2 is 1.76 bits per heavy atom. The number of hydrogen-bond donors (Lipinski definition) is 1. The van der Waals surface area contributed by atoms with Crippen LogP contribution >= 0.6 is 24.8 Å². The summed E-state index contributed by atoms with van der Waals surface area (Å²) in [7, 11) is 0. The zero-order valence-electron chi connectivity index (χ0n) is 9.69. The first-order valence-corrected chi connectivity index (χ1v) is 5.53. The number of benzene rings is 1. The highest BCUT2D eigenvalue weighted by Crippen LogP contribution is 2.07. The summed E-state index contributed by atoms with van der Waals surface area (Å²) >= 11 is 0. The van der Waals surface area contributed by atoms with Gasteiger partial charge >= 0.3 is 0 Å². The van der Waals surface area contributed by atoms with Gasteiger partial charge in [-0.1, -0.05) is 18.2 Å². The van der Waals surface area contributed by atoms with Crippen molar-refractivity contribution in [2.45, 2.75) is 6.42 Å². The Morgan fingerprint density at radius 1 is 1.12 bits per heavy atom. The lowest BCUT2D eigenvalue weighted by atomic mass is 10.1. The quantitative estimate of drug-likeness (QED) is 0.913. The Labute approximate surface area is 114 Å². The second-order valence-corrected chi connectivity index (χ2v) is 3.93. The molecule has 0 unspecified atom stereocenters. The number of piperazine rings is 1. The van der Waals surface area contributed by atoms with Crippen molar-refractivity contribution in [2.75, 3.05) is 32.7 Å². The fraction of sp³-hybridized carbons (Fsp3) is 0.500. The third-order valence-electron chi connectivity index (χ3n) is 2.86. The van der Waals surface area contributed by atoms with Crippen LogP contribution < -0.4 is 5.32 Å². The van der Waals surface area contributed by atoms with E-state index in [0.717, 1.165) is 44.7 Å². The molecule has 0 aromatic heterocycles. The van der Waals surface area contributed by atoms with Crippen molar-refractivity contribution >= 4 is 24.8 Å². The summed E-state index contributed by atoms with van der Waals surface area (Å²) in [5.41, 5.74) is 0.830. The third kappa shape index (κ3) is 5.21. The van der Waals surface area contributed by atoms with Gasteiger partial charge in [0.2, 0.25) is 0 Å². The molecule has 0 spiro atoms. The Kier molecular flexibility index (Phi) is 8.52. The van der Waals surface area contributed by atoms with E-state index in [0.29, 0.717) is 0 Å². The van der Waals surface area contributed by atoms with Crippen molar-refractivity contribution in [1.29, 1.82) is 0 Å². The van der Waals surface area contributed by atoms with Gasteiger partial charge in [-0.05, 0) is 18.1 Å². The van der Waals surface area contributed by atoms with Crippen LogP contribution in [0, 0.1) is 5.82 Å². The van der Waals surface area contributed by atoms with Gasteiger partial charge in [-0.2, -0.15) is 0 Å². The lowest BCUT2D eigenvalue weighted by Crippen LogP contribution is -2.44. The molecule has 1 aliphatic heterocycles. The first kappa shape index (κ1) is 16.6. The van der Waals surface area contributed by atoms with Crippen molar-refractivity contribution in [3.05, 3.63) is 35.6 Å². The van der Waals surface area contributed by atoms with E-state index in [1.54, 1.807) is 6.07 Å². The molecule has 1 aromatic rings. The standard InChI is InChI=1S/C12H17FN2.2ClH/c13-12-4-2-1-3-11(12)5-8-15-9-6-14-7-10-15;;/h1-4,14H,5-10H2;2*1H.